The van der Waals surface area contributed by atoms with Crippen LogP contribution in [0, 0.1) is 11.8 Å². The first kappa shape index (κ1) is 9.97. The second kappa shape index (κ2) is 4.30. The molecule has 2 aliphatic rings. The summed E-state index contributed by atoms with van der Waals surface area (Å²) in [6, 6.07) is 0. The van der Waals surface area contributed by atoms with Crippen molar-refractivity contribution in [2.75, 3.05) is 13.7 Å². The third-order valence-corrected chi connectivity index (χ3v) is 3.71. The quantitative estimate of drug-likeness (QED) is 0.725. The summed E-state index contributed by atoms with van der Waals surface area (Å²) >= 11 is 0. The van der Waals surface area contributed by atoms with Crippen molar-refractivity contribution in [2.45, 2.75) is 38.2 Å². The van der Waals surface area contributed by atoms with E-state index in [1.807, 2.05) is 0 Å². The Bertz CT molecular complexity index is 209. The summed E-state index contributed by atoms with van der Waals surface area (Å²) in [7, 11) is 1.78. The van der Waals surface area contributed by atoms with Gasteiger partial charge >= 0.3 is 0 Å². The van der Waals surface area contributed by atoms with Gasteiger partial charge in [-0.15, -0.1) is 0 Å². The Hall–Kier alpha value is -0.570. The maximum atomic E-state index is 11.5. The van der Waals surface area contributed by atoms with Crippen molar-refractivity contribution < 1.29 is 9.53 Å². The molecule has 1 saturated carbocycles. The average Bonchev–Trinajstić information content (AvgIpc) is 2.65. The lowest BCUT2D eigenvalue weighted by Gasteiger charge is -2.30. The molecule has 0 radical (unpaired) electrons. The average molecular weight is 197 g/mol. The predicted octanol–water partition coefficient (Wildman–Crippen LogP) is 1.33. The molecule has 3 nitrogen and oxygen atoms in total. The van der Waals surface area contributed by atoms with Crippen LogP contribution in [0.3, 0.4) is 0 Å². The van der Waals surface area contributed by atoms with Crippen LogP contribution >= 0.6 is 0 Å². The van der Waals surface area contributed by atoms with Crippen LogP contribution in [-0.4, -0.2) is 25.7 Å². The Labute approximate surface area is 85.2 Å². The van der Waals surface area contributed by atoms with Crippen LogP contribution in [0.5, 0.6) is 0 Å². The Kier molecular flexibility index (Phi) is 3.06. The SMILES string of the molecule is COC1CCC(C2CCNC2=O)CC1. The van der Waals surface area contributed by atoms with Gasteiger partial charge in [-0.05, 0) is 38.0 Å². The molecule has 2 rings (SSSR count). The lowest BCUT2D eigenvalue weighted by molar-refractivity contribution is -0.124. The summed E-state index contributed by atoms with van der Waals surface area (Å²) in [5.74, 6) is 1.20. The highest BCUT2D eigenvalue weighted by molar-refractivity contribution is 5.80. The van der Waals surface area contributed by atoms with E-state index in [4.69, 9.17) is 4.74 Å². The van der Waals surface area contributed by atoms with Gasteiger partial charge in [0.1, 0.15) is 0 Å². The van der Waals surface area contributed by atoms with Gasteiger partial charge in [-0.3, -0.25) is 4.79 Å². The molecule has 3 heteroatoms. The molecule has 1 saturated heterocycles. The summed E-state index contributed by atoms with van der Waals surface area (Å²) in [4.78, 5) is 11.5. The largest absolute Gasteiger partial charge is 0.381 e. The summed E-state index contributed by atoms with van der Waals surface area (Å²) in [6.45, 7) is 0.883. The predicted molar refractivity (Wildman–Crippen MR) is 53.9 cm³/mol. The highest BCUT2D eigenvalue weighted by atomic mass is 16.5. The topological polar surface area (TPSA) is 38.3 Å². The number of ether oxygens (including phenoxy) is 1. The number of carbonyl (C=O) groups is 1. The van der Waals surface area contributed by atoms with Crippen LogP contribution in [0.25, 0.3) is 0 Å². The van der Waals surface area contributed by atoms with E-state index in [2.05, 4.69) is 5.32 Å². The zero-order chi connectivity index (χ0) is 9.97. The minimum Gasteiger partial charge on any atom is -0.381 e. The van der Waals surface area contributed by atoms with Crippen LogP contribution in [0.2, 0.25) is 0 Å². The van der Waals surface area contributed by atoms with Gasteiger partial charge in [0.2, 0.25) is 5.91 Å². The maximum Gasteiger partial charge on any atom is 0.223 e. The van der Waals surface area contributed by atoms with Crippen molar-refractivity contribution >= 4 is 5.91 Å². The molecule has 0 bridgehead atoms. The highest BCUT2D eigenvalue weighted by Crippen LogP contribution is 2.34. The normalized spacial score (nSPS) is 38.4. The zero-order valence-electron chi connectivity index (χ0n) is 8.79. The van der Waals surface area contributed by atoms with E-state index in [1.54, 1.807) is 7.11 Å². The molecule has 1 atom stereocenters. The lowest BCUT2D eigenvalue weighted by Crippen LogP contribution is -2.29. The van der Waals surface area contributed by atoms with E-state index in [1.165, 1.54) is 0 Å². The second-order valence-corrected chi connectivity index (χ2v) is 4.46. The minimum atomic E-state index is 0.283. The molecule has 0 aromatic rings. The number of carbonyl (C=O) groups excluding carboxylic acids is 1. The standard InChI is InChI=1S/C11H19NO2/c1-14-9-4-2-8(3-5-9)10-6-7-12-11(10)13/h8-10H,2-7H2,1H3,(H,12,13). The molecule has 80 valence electrons. The van der Waals surface area contributed by atoms with Gasteiger partial charge in [0, 0.05) is 19.6 Å². The number of hydrogen-bond acceptors (Lipinski definition) is 2. The van der Waals surface area contributed by atoms with Gasteiger partial charge in [-0.1, -0.05) is 0 Å². The maximum absolute atomic E-state index is 11.5. The van der Waals surface area contributed by atoms with Gasteiger partial charge in [0.15, 0.2) is 0 Å². The van der Waals surface area contributed by atoms with Crippen molar-refractivity contribution in [1.29, 1.82) is 0 Å². The first-order chi connectivity index (χ1) is 6.81. The second-order valence-electron chi connectivity index (χ2n) is 4.46. The minimum absolute atomic E-state index is 0.283. The first-order valence-electron chi connectivity index (χ1n) is 5.61. The van der Waals surface area contributed by atoms with E-state index >= 15 is 0 Å². The number of nitrogens with one attached hydrogen (secondary N) is 1. The molecule has 0 spiro atoms. The van der Waals surface area contributed by atoms with E-state index < -0.39 is 0 Å². The van der Waals surface area contributed by atoms with Crippen molar-refractivity contribution in [2.24, 2.45) is 11.8 Å². The van der Waals surface area contributed by atoms with E-state index in [9.17, 15) is 4.79 Å². The molecule has 2 fully saturated rings. The summed E-state index contributed by atoms with van der Waals surface area (Å²) in [5.41, 5.74) is 0. The molecule has 0 aromatic heterocycles. The Morgan fingerprint density at radius 3 is 2.43 bits per heavy atom. The molecule has 1 aliphatic carbocycles. The number of methoxy groups -OCH3 is 1. The number of amides is 1. The van der Waals surface area contributed by atoms with E-state index in [0.29, 0.717) is 17.9 Å². The van der Waals surface area contributed by atoms with Crippen LogP contribution in [0.4, 0.5) is 0 Å². The summed E-state index contributed by atoms with van der Waals surface area (Å²) in [5, 5.41) is 2.92. The van der Waals surface area contributed by atoms with Gasteiger partial charge in [-0.2, -0.15) is 0 Å². The van der Waals surface area contributed by atoms with Gasteiger partial charge in [-0.25, -0.2) is 0 Å². The molecular formula is C11H19NO2. The molecule has 1 heterocycles. The lowest BCUT2D eigenvalue weighted by atomic mass is 9.78. The summed E-state index contributed by atoms with van der Waals surface area (Å²) < 4.78 is 5.33. The Balaban J connectivity index is 1.85. The molecule has 1 aliphatic heterocycles. The fraction of sp³-hybridized carbons (Fsp3) is 0.909. The fourth-order valence-electron chi connectivity index (χ4n) is 2.79. The monoisotopic (exact) mass is 197 g/mol. The van der Waals surface area contributed by atoms with Crippen LogP contribution in [0.15, 0.2) is 0 Å². The number of hydrogen-bond donors (Lipinski definition) is 1. The third kappa shape index (κ3) is 1.92. The van der Waals surface area contributed by atoms with Gasteiger partial charge < -0.3 is 10.1 Å². The van der Waals surface area contributed by atoms with Crippen molar-refractivity contribution in [3.63, 3.8) is 0 Å². The Morgan fingerprint density at radius 2 is 1.93 bits per heavy atom. The third-order valence-electron chi connectivity index (χ3n) is 3.71. The molecule has 14 heavy (non-hydrogen) atoms. The van der Waals surface area contributed by atoms with Crippen LogP contribution in [-0.2, 0) is 9.53 Å². The van der Waals surface area contributed by atoms with Crippen molar-refractivity contribution in [1.82, 2.24) is 5.32 Å². The molecular weight excluding hydrogens is 178 g/mol. The van der Waals surface area contributed by atoms with E-state index in [-0.39, 0.29) is 5.91 Å². The van der Waals surface area contributed by atoms with Crippen molar-refractivity contribution in [3.05, 3.63) is 0 Å². The molecule has 1 unspecified atom stereocenters. The highest BCUT2D eigenvalue weighted by Gasteiger charge is 2.34. The zero-order valence-corrected chi connectivity index (χ0v) is 8.79. The smallest absolute Gasteiger partial charge is 0.223 e. The van der Waals surface area contributed by atoms with Gasteiger partial charge in [0.25, 0.3) is 0 Å². The van der Waals surface area contributed by atoms with Crippen LogP contribution < -0.4 is 5.32 Å². The Morgan fingerprint density at radius 1 is 1.21 bits per heavy atom. The van der Waals surface area contributed by atoms with Crippen molar-refractivity contribution in [3.8, 4) is 0 Å². The molecule has 1 N–H and O–H groups in total. The molecule has 1 amide bonds. The van der Waals surface area contributed by atoms with Crippen LogP contribution in [0.1, 0.15) is 32.1 Å². The van der Waals surface area contributed by atoms with Gasteiger partial charge in [0.05, 0.1) is 6.10 Å². The first-order valence-corrected chi connectivity index (χ1v) is 5.61. The fourth-order valence-corrected chi connectivity index (χ4v) is 2.79. The molecule has 0 aromatic carbocycles. The van der Waals surface area contributed by atoms with E-state index in [0.717, 1.165) is 38.6 Å². The number of rotatable bonds is 2. The summed E-state index contributed by atoms with van der Waals surface area (Å²) in [6.07, 6.45) is 6.07.